The molecular weight excluding hydrogens is 252 g/mol. The molecule has 4 nitrogen and oxygen atoms in total. The summed E-state index contributed by atoms with van der Waals surface area (Å²) in [5.41, 5.74) is 0.879. The van der Waals surface area contributed by atoms with E-state index < -0.39 is 5.97 Å². The molecule has 2 heterocycles. The van der Waals surface area contributed by atoms with Gasteiger partial charge in [-0.2, -0.15) is 0 Å². The zero-order chi connectivity index (χ0) is 14.4. The molecule has 0 aromatic carbocycles. The second kappa shape index (κ2) is 7.08. The summed E-state index contributed by atoms with van der Waals surface area (Å²) in [6.07, 6.45) is 9.53. The topological polar surface area (TPSA) is 53.4 Å². The SMILES string of the molecule is CCCC1CCN(c2ncccc2/C=C/C(=O)O)CC1. The summed E-state index contributed by atoms with van der Waals surface area (Å²) >= 11 is 0. The van der Waals surface area contributed by atoms with Gasteiger partial charge in [0, 0.05) is 30.9 Å². The first-order valence-electron chi connectivity index (χ1n) is 7.31. The minimum atomic E-state index is -0.929. The molecule has 0 amide bonds. The lowest BCUT2D eigenvalue weighted by atomic mass is 9.92. The van der Waals surface area contributed by atoms with Gasteiger partial charge in [0.05, 0.1) is 0 Å². The van der Waals surface area contributed by atoms with Crippen molar-refractivity contribution in [1.29, 1.82) is 0 Å². The van der Waals surface area contributed by atoms with E-state index in [1.165, 1.54) is 31.8 Å². The molecule has 2 rings (SSSR count). The van der Waals surface area contributed by atoms with Crippen molar-refractivity contribution in [3.8, 4) is 0 Å². The predicted octanol–water partition coefficient (Wildman–Crippen LogP) is 3.20. The molecule has 0 atom stereocenters. The number of piperidine rings is 1. The van der Waals surface area contributed by atoms with E-state index in [1.807, 2.05) is 12.1 Å². The molecule has 4 heteroatoms. The first-order chi connectivity index (χ1) is 9.70. The Bertz CT molecular complexity index is 477. The van der Waals surface area contributed by atoms with Gasteiger partial charge in [0.15, 0.2) is 0 Å². The third-order valence-corrected chi connectivity index (χ3v) is 3.83. The number of aromatic nitrogens is 1. The van der Waals surface area contributed by atoms with Crippen molar-refractivity contribution in [3.63, 3.8) is 0 Å². The lowest BCUT2D eigenvalue weighted by Crippen LogP contribution is -2.34. The number of aliphatic carboxylic acids is 1. The Morgan fingerprint density at radius 3 is 2.90 bits per heavy atom. The van der Waals surface area contributed by atoms with Crippen molar-refractivity contribution in [3.05, 3.63) is 30.0 Å². The highest BCUT2D eigenvalue weighted by Gasteiger charge is 2.20. The second-order valence-corrected chi connectivity index (χ2v) is 5.31. The van der Waals surface area contributed by atoms with Crippen molar-refractivity contribution in [1.82, 2.24) is 4.98 Å². The lowest BCUT2D eigenvalue weighted by Gasteiger charge is -2.33. The first-order valence-corrected chi connectivity index (χ1v) is 7.31. The molecule has 0 saturated carbocycles. The van der Waals surface area contributed by atoms with E-state index in [0.717, 1.165) is 30.4 Å². The molecule has 108 valence electrons. The van der Waals surface area contributed by atoms with Crippen LogP contribution in [0.1, 0.15) is 38.2 Å². The number of carboxylic acid groups (broad SMARTS) is 1. The number of rotatable bonds is 5. The van der Waals surface area contributed by atoms with E-state index in [9.17, 15) is 4.79 Å². The van der Waals surface area contributed by atoms with Gasteiger partial charge in [-0.25, -0.2) is 9.78 Å². The van der Waals surface area contributed by atoms with E-state index in [0.29, 0.717) is 0 Å². The van der Waals surface area contributed by atoms with Gasteiger partial charge in [-0.3, -0.25) is 0 Å². The molecule has 20 heavy (non-hydrogen) atoms. The number of pyridine rings is 1. The van der Waals surface area contributed by atoms with Gasteiger partial charge < -0.3 is 10.0 Å². The Kier molecular flexibility index (Phi) is 5.16. The maximum atomic E-state index is 10.7. The standard InChI is InChI=1S/C16H22N2O2/c1-2-4-13-8-11-18(12-9-13)16-14(5-3-10-17-16)6-7-15(19)20/h3,5-7,10,13H,2,4,8-9,11-12H2,1H3,(H,19,20)/b7-6+. The summed E-state index contributed by atoms with van der Waals surface area (Å²) in [5.74, 6) is 0.805. The smallest absolute Gasteiger partial charge is 0.328 e. The first kappa shape index (κ1) is 14.6. The molecule has 1 aromatic rings. The van der Waals surface area contributed by atoms with Crippen molar-refractivity contribution < 1.29 is 9.90 Å². The molecular formula is C16H22N2O2. The van der Waals surface area contributed by atoms with Crippen LogP contribution in [0.4, 0.5) is 5.82 Å². The number of carboxylic acids is 1. The highest BCUT2D eigenvalue weighted by atomic mass is 16.4. The molecule has 1 aliphatic heterocycles. The van der Waals surface area contributed by atoms with E-state index in [4.69, 9.17) is 5.11 Å². The molecule has 1 fully saturated rings. The average Bonchev–Trinajstić information content (AvgIpc) is 2.47. The van der Waals surface area contributed by atoms with Crippen LogP contribution >= 0.6 is 0 Å². The van der Waals surface area contributed by atoms with E-state index in [2.05, 4.69) is 16.8 Å². The van der Waals surface area contributed by atoms with Crippen LogP contribution in [0, 0.1) is 5.92 Å². The second-order valence-electron chi connectivity index (χ2n) is 5.31. The summed E-state index contributed by atoms with van der Waals surface area (Å²) in [4.78, 5) is 17.4. The minimum absolute atomic E-state index is 0.831. The average molecular weight is 274 g/mol. The molecule has 0 bridgehead atoms. The number of hydrogen-bond donors (Lipinski definition) is 1. The minimum Gasteiger partial charge on any atom is -0.478 e. The van der Waals surface area contributed by atoms with Crippen LogP contribution in [-0.4, -0.2) is 29.1 Å². The van der Waals surface area contributed by atoms with Crippen LogP contribution in [-0.2, 0) is 4.79 Å². The van der Waals surface area contributed by atoms with Gasteiger partial charge in [0.1, 0.15) is 5.82 Å². The normalized spacial score (nSPS) is 16.8. The maximum absolute atomic E-state index is 10.7. The number of nitrogens with zero attached hydrogens (tertiary/aromatic N) is 2. The number of hydrogen-bond acceptors (Lipinski definition) is 3. The molecule has 1 aliphatic rings. The van der Waals surface area contributed by atoms with Gasteiger partial charge in [-0.05, 0) is 37.0 Å². The van der Waals surface area contributed by atoms with Crippen molar-refractivity contribution in [2.75, 3.05) is 18.0 Å². The largest absolute Gasteiger partial charge is 0.478 e. The van der Waals surface area contributed by atoms with Crippen LogP contribution in [0.5, 0.6) is 0 Å². The Hall–Kier alpha value is -1.84. The molecule has 0 unspecified atom stereocenters. The highest BCUT2D eigenvalue weighted by Crippen LogP contribution is 2.27. The van der Waals surface area contributed by atoms with Crippen LogP contribution in [0.25, 0.3) is 6.08 Å². The van der Waals surface area contributed by atoms with Crippen LogP contribution in [0.2, 0.25) is 0 Å². The van der Waals surface area contributed by atoms with E-state index in [1.54, 1.807) is 12.3 Å². The van der Waals surface area contributed by atoms with Gasteiger partial charge in [0.2, 0.25) is 0 Å². The maximum Gasteiger partial charge on any atom is 0.328 e. The Morgan fingerprint density at radius 2 is 2.25 bits per heavy atom. The van der Waals surface area contributed by atoms with Gasteiger partial charge in [-0.1, -0.05) is 19.8 Å². The molecule has 0 radical (unpaired) electrons. The summed E-state index contributed by atoms with van der Waals surface area (Å²) in [5, 5.41) is 8.75. The third-order valence-electron chi connectivity index (χ3n) is 3.83. The van der Waals surface area contributed by atoms with Gasteiger partial charge >= 0.3 is 5.97 Å². The van der Waals surface area contributed by atoms with Crippen molar-refractivity contribution in [2.24, 2.45) is 5.92 Å². The monoisotopic (exact) mass is 274 g/mol. The Balaban J connectivity index is 2.08. The molecule has 1 saturated heterocycles. The zero-order valence-electron chi connectivity index (χ0n) is 12.0. The van der Waals surface area contributed by atoms with E-state index in [-0.39, 0.29) is 0 Å². The summed E-state index contributed by atoms with van der Waals surface area (Å²) in [6.45, 7) is 4.26. The molecule has 1 aromatic heterocycles. The zero-order valence-corrected chi connectivity index (χ0v) is 12.0. The predicted molar refractivity (Wildman–Crippen MR) is 80.8 cm³/mol. The summed E-state index contributed by atoms with van der Waals surface area (Å²) in [6, 6.07) is 3.76. The van der Waals surface area contributed by atoms with Crippen LogP contribution < -0.4 is 4.90 Å². The fraction of sp³-hybridized carbons (Fsp3) is 0.500. The Morgan fingerprint density at radius 1 is 1.50 bits per heavy atom. The quantitative estimate of drug-likeness (QED) is 0.838. The van der Waals surface area contributed by atoms with E-state index >= 15 is 0 Å². The molecule has 0 spiro atoms. The van der Waals surface area contributed by atoms with Gasteiger partial charge in [-0.15, -0.1) is 0 Å². The fourth-order valence-corrected chi connectivity index (χ4v) is 2.81. The van der Waals surface area contributed by atoms with Crippen molar-refractivity contribution >= 4 is 17.9 Å². The molecule has 1 N–H and O–H groups in total. The number of anilines is 1. The van der Waals surface area contributed by atoms with Crippen molar-refractivity contribution in [2.45, 2.75) is 32.6 Å². The summed E-state index contributed by atoms with van der Waals surface area (Å²) < 4.78 is 0. The fourth-order valence-electron chi connectivity index (χ4n) is 2.81. The van der Waals surface area contributed by atoms with Crippen LogP contribution in [0.15, 0.2) is 24.4 Å². The lowest BCUT2D eigenvalue weighted by molar-refractivity contribution is -0.131. The number of carbonyl (C=O) groups is 1. The van der Waals surface area contributed by atoms with Gasteiger partial charge in [0.25, 0.3) is 0 Å². The highest BCUT2D eigenvalue weighted by molar-refractivity contribution is 5.86. The van der Waals surface area contributed by atoms with Crippen LogP contribution in [0.3, 0.4) is 0 Å². The Labute approximate surface area is 120 Å². The summed E-state index contributed by atoms with van der Waals surface area (Å²) in [7, 11) is 0. The third kappa shape index (κ3) is 3.83. The molecule has 0 aliphatic carbocycles.